The topological polar surface area (TPSA) is 64.7 Å². The van der Waals surface area contributed by atoms with Gasteiger partial charge >= 0.3 is 0 Å². The Morgan fingerprint density at radius 1 is 0.952 bits per heavy atom. The molecule has 108 valence electrons. The van der Waals surface area contributed by atoms with Gasteiger partial charge in [-0.05, 0) is 31.2 Å². The molecule has 0 radical (unpaired) electrons. The number of rotatable bonds is 3. The third kappa shape index (κ3) is 2.19. The summed E-state index contributed by atoms with van der Waals surface area (Å²) in [5.41, 5.74) is 7.21. The molecule has 0 saturated heterocycles. The highest BCUT2D eigenvalue weighted by molar-refractivity contribution is 5.36. The van der Waals surface area contributed by atoms with Crippen molar-refractivity contribution < 1.29 is 0 Å². The standard InChI is InChI=1S/C17H20N4/c18-16-20-14(12-8-9-12)19-15(21-16)17(10-4-5-11-17)13-6-2-1-3-7-13/h1-3,6-7,12H,4-5,8-11H2,(H2,18,19,20,21). The first kappa shape index (κ1) is 12.7. The minimum absolute atomic E-state index is 0.0675. The highest BCUT2D eigenvalue weighted by atomic mass is 15.1. The number of hydrogen-bond donors (Lipinski definition) is 1. The van der Waals surface area contributed by atoms with E-state index >= 15 is 0 Å². The second kappa shape index (κ2) is 4.79. The van der Waals surface area contributed by atoms with Gasteiger partial charge in [0, 0.05) is 5.92 Å². The quantitative estimate of drug-likeness (QED) is 0.937. The van der Waals surface area contributed by atoms with Crippen LogP contribution in [0.5, 0.6) is 0 Å². The molecule has 2 aromatic rings. The summed E-state index contributed by atoms with van der Waals surface area (Å²) in [7, 11) is 0. The number of nitrogen functional groups attached to an aromatic ring is 1. The van der Waals surface area contributed by atoms with Crippen molar-refractivity contribution in [1.29, 1.82) is 0 Å². The Kier molecular flexibility index (Phi) is 2.91. The zero-order chi connectivity index (χ0) is 14.3. The van der Waals surface area contributed by atoms with Gasteiger partial charge in [0.25, 0.3) is 0 Å². The van der Waals surface area contributed by atoms with Crippen LogP contribution in [0.4, 0.5) is 5.95 Å². The van der Waals surface area contributed by atoms with Gasteiger partial charge in [-0.3, -0.25) is 0 Å². The summed E-state index contributed by atoms with van der Waals surface area (Å²) in [6, 6.07) is 10.7. The largest absolute Gasteiger partial charge is 0.368 e. The molecule has 2 fully saturated rings. The van der Waals surface area contributed by atoms with Crippen LogP contribution in [0.2, 0.25) is 0 Å². The SMILES string of the molecule is Nc1nc(C2CC2)nc(C2(c3ccccc3)CCCC2)n1. The fraction of sp³-hybridized carbons (Fsp3) is 0.471. The molecule has 1 aromatic heterocycles. The average Bonchev–Trinajstić information content (AvgIpc) is 3.25. The lowest BCUT2D eigenvalue weighted by Crippen LogP contribution is -2.28. The smallest absolute Gasteiger partial charge is 0.223 e. The van der Waals surface area contributed by atoms with Crippen LogP contribution in [-0.2, 0) is 5.41 Å². The van der Waals surface area contributed by atoms with Crippen LogP contribution in [0.25, 0.3) is 0 Å². The number of hydrogen-bond acceptors (Lipinski definition) is 4. The first-order valence-corrected chi connectivity index (χ1v) is 7.85. The molecule has 0 bridgehead atoms. The van der Waals surface area contributed by atoms with E-state index in [-0.39, 0.29) is 5.41 Å². The third-order valence-corrected chi connectivity index (χ3v) is 4.82. The fourth-order valence-electron chi connectivity index (χ4n) is 3.52. The first-order chi connectivity index (χ1) is 10.3. The second-order valence-electron chi connectivity index (χ2n) is 6.30. The Labute approximate surface area is 124 Å². The number of aromatic nitrogens is 3. The van der Waals surface area contributed by atoms with Crippen molar-refractivity contribution in [3.05, 3.63) is 47.5 Å². The Balaban J connectivity index is 1.84. The molecule has 2 aliphatic rings. The van der Waals surface area contributed by atoms with E-state index in [1.165, 1.54) is 31.2 Å². The van der Waals surface area contributed by atoms with Crippen molar-refractivity contribution in [2.75, 3.05) is 5.73 Å². The summed E-state index contributed by atoms with van der Waals surface area (Å²) < 4.78 is 0. The van der Waals surface area contributed by atoms with Gasteiger partial charge < -0.3 is 5.73 Å². The molecule has 4 nitrogen and oxygen atoms in total. The Morgan fingerprint density at radius 2 is 1.67 bits per heavy atom. The molecule has 0 atom stereocenters. The van der Waals surface area contributed by atoms with E-state index in [0.29, 0.717) is 11.9 Å². The number of benzene rings is 1. The number of nitrogens with zero attached hydrogens (tertiary/aromatic N) is 3. The third-order valence-electron chi connectivity index (χ3n) is 4.82. The van der Waals surface area contributed by atoms with Gasteiger partial charge in [0.2, 0.25) is 5.95 Å². The maximum Gasteiger partial charge on any atom is 0.223 e. The van der Waals surface area contributed by atoms with E-state index in [9.17, 15) is 0 Å². The molecule has 4 heteroatoms. The zero-order valence-electron chi connectivity index (χ0n) is 12.1. The molecule has 2 saturated carbocycles. The van der Waals surface area contributed by atoms with Crippen molar-refractivity contribution in [2.24, 2.45) is 0 Å². The van der Waals surface area contributed by atoms with E-state index < -0.39 is 0 Å². The van der Waals surface area contributed by atoms with Crippen molar-refractivity contribution in [2.45, 2.75) is 49.9 Å². The highest BCUT2D eigenvalue weighted by Crippen LogP contribution is 2.46. The maximum absolute atomic E-state index is 5.97. The Bertz CT molecular complexity index is 643. The second-order valence-corrected chi connectivity index (χ2v) is 6.30. The van der Waals surface area contributed by atoms with E-state index in [4.69, 9.17) is 10.7 Å². The molecule has 21 heavy (non-hydrogen) atoms. The normalized spacial score (nSPS) is 20.6. The summed E-state index contributed by atoms with van der Waals surface area (Å²) in [6.45, 7) is 0. The van der Waals surface area contributed by atoms with Gasteiger partial charge in [-0.25, -0.2) is 4.98 Å². The lowest BCUT2D eigenvalue weighted by Gasteiger charge is -2.28. The van der Waals surface area contributed by atoms with E-state index in [2.05, 4.69) is 40.3 Å². The lowest BCUT2D eigenvalue weighted by molar-refractivity contribution is 0.494. The lowest BCUT2D eigenvalue weighted by atomic mass is 9.78. The van der Waals surface area contributed by atoms with Gasteiger partial charge in [-0.1, -0.05) is 43.2 Å². The Hall–Kier alpha value is -1.97. The molecule has 4 rings (SSSR count). The van der Waals surface area contributed by atoms with Crippen molar-refractivity contribution >= 4 is 5.95 Å². The van der Waals surface area contributed by atoms with Gasteiger partial charge in [0.05, 0.1) is 5.41 Å². The van der Waals surface area contributed by atoms with E-state index in [1.807, 2.05) is 0 Å². The van der Waals surface area contributed by atoms with Crippen molar-refractivity contribution in [1.82, 2.24) is 15.0 Å². The van der Waals surface area contributed by atoms with E-state index in [1.54, 1.807) is 0 Å². The van der Waals surface area contributed by atoms with Crippen LogP contribution < -0.4 is 5.73 Å². The molecule has 0 spiro atoms. The van der Waals surface area contributed by atoms with Crippen molar-refractivity contribution in [3.8, 4) is 0 Å². The maximum atomic E-state index is 5.97. The van der Waals surface area contributed by atoms with Crippen LogP contribution >= 0.6 is 0 Å². The summed E-state index contributed by atoms with van der Waals surface area (Å²) in [5.74, 6) is 2.67. The summed E-state index contributed by atoms with van der Waals surface area (Å²) in [5, 5.41) is 0. The molecule has 2 aliphatic carbocycles. The molecule has 1 heterocycles. The summed E-state index contributed by atoms with van der Waals surface area (Å²) in [4.78, 5) is 13.7. The molecule has 2 N–H and O–H groups in total. The molecule has 0 amide bonds. The minimum atomic E-state index is -0.0675. The Morgan fingerprint density at radius 3 is 2.33 bits per heavy atom. The molecule has 0 unspecified atom stereocenters. The van der Waals surface area contributed by atoms with Gasteiger partial charge in [-0.2, -0.15) is 9.97 Å². The fourth-order valence-corrected chi connectivity index (χ4v) is 3.52. The monoisotopic (exact) mass is 280 g/mol. The summed E-state index contributed by atoms with van der Waals surface area (Å²) in [6.07, 6.45) is 7.01. The summed E-state index contributed by atoms with van der Waals surface area (Å²) >= 11 is 0. The van der Waals surface area contributed by atoms with Gasteiger partial charge in [0.1, 0.15) is 11.6 Å². The first-order valence-electron chi connectivity index (χ1n) is 7.85. The van der Waals surface area contributed by atoms with Crippen LogP contribution in [0.3, 0.4) is 0 Å². The molecule has 1 aromatic carbocycles. The van der Waals surface area contributed by atoms with Crippen LogP contribution in [0.1, 0.15) is 61.7 Å². The molecular formula is C17H20N4. The predicted molar refractivity (Wildman–Crippen MR) is 81.9 cm³/mol. The molecule has 0 aliphatic heterocycles. The van der Waals surface area contributed by atoms with Gasteiger partial charge in [-0.15, -0.1) is 0 Å². The number of anilines is 1. The van der Waals surface area contributed by atoms with Crippen LogP contribution in [-0.4, -0.2) is 15.0 Å². The average molecular weight is 280 g/mol. The van der Waals surface area contributed by atoms with Crippen molar-refractivity contribution in [3.63, 3.8) is 0 Å². The van der Waals surface area contributed by atoms with Crippen LogP contribution in [0.15, 0.2) is 30.3 Å². The number of nitrogens with two attached hydrogens (primary N) is 1. The zero-order valence-corrected chi connectivity index (χ0v) is 12.1. The van der Waals surface area contributed by atoms with Gasteiger partial charge in [0.15, 0.2) is 0 Å². The molecular weight excluding hydrogens is 260 g/mol. The highest BCUT2D eigenvalue weighted by Gasteiger charge is 2.41. The van der Waals surface area contributed by atoms with E-state index in [0.717, 1.165) is 24.5 Å². The van der Waals surface area contributed by atoms with Crippen LogP contribution in [0, 0.1) is 0 Å². The minimum Gasteiger partial charge on any atom is -0.368 e. The predicted octanol–water partition coefficient (Wildman–Crippen LogP) is 3.19.